The van der Waals surface area contributed by atoms with Crippen LogP contribution in [0.25, 0.3) is 22.4 Å². The van der Waals surface area contributed by atoms with Gasteiger partial charge in [0.25, 0.3) is 0 Å². The van der Waals surface area contributed by atoms with Gasteiger partial charge in [-0.2, -0.15) is 0 Å². The molecule has 128 valence electrons. The van der Waals surface area contributed by atoms with Gasteiger partial charge in [-0.3, -0.25) is 4.98 Å². The average molecular weight is 350 g/mol. The fourth-order valence-electron chi connectivity index (χ4n) is 2.39. The Morgan fingerprint density at radius 3 is 2.68 bits per heavy atom. The summed E-state index contributed by atoms with van der Waals surface area (Å²) in [6.45, 7) is 6.17. The van der Waals surface area contributed by atoms with Gasteiger partial charge in [0.2, 0.25) is 0 Å². The number of aromatic nitrogens is 2. The van der Waals surface area contributed by atoms with Crippen molar-refractivity contribution >= 4 is 33.7 Å². The number of nitrogens with zero attached hydrogens (tertiary/aromatic N) is 2. The monoisotopic (exact) mass is 350 g/mol. The van der Waals surface area contributed by atoms with Gasteiger partial charge in [0.05, 0.1) is 16.3 Å². The largest absolute Gasteiger partial charge is 0.491 e. The van der Waals surface area contributed by atoms with E-state index >= 15 is 0 Å². The Hall–Kier alpha value is -2.46. The molecule has 1 aromatic carbocycles. The number of ether oxygens (including phenoxy) is 1. The molecule has 0 atom stereocenters. The van der Waals surface area contributed by atoms with E-state index in [1.165, 1.54) is 0 Å². The van der Waals surface area contributed by atoms with Gasteiger partial charge in [0, 0.05) is 11.9 Å². The number of hydrogen-bond donors (Lipinski definition) is 0. The molecule has 0 aliphatic carbocycles. The Balaban J connectivity index is 1.68. The molecule has 25 heavy (non-hydrogen) atoms. The zero-order chi connectivity index (χ0) is 17.6. The summed E-state index contributed by atoms with van der Waals surface area (Å²) in [5, 5.41) is 0.987. The summed E-state index contributed by atoms with van der Waals surface area (Å²) in [7, 11) is 0. The van der Waals surface area contributed by atoms with E-state index in [4.69, 9.17) is 4.74 Å². The van der Waals surface area contributed by atoms with Crippen LogP contribution in [0, 0.1) is 0 Å². The first kappa shape index (κ1) is 17.4. The number of fused-ring (bicyclic) bond motifs is 1. The number of aryl methyl sites for hydroxylation is 1. The molecule has 0 unspecified atom stereocenters. The van der Waals surface area contributed by atoms with E-state index in [-0.39, 0.29) is 6.10 Å². The molecule has 0 fully saturated rings. The van der Waals surface area contributed by atoms with Crippen LogP contribution in [0.2, 0.25) is 0 Å². The van der Waals surface area contributed by atoms with Gasteiger partial charge in [-0.05, 0) is 56.2 Å². The lowest BCUT2D eigenvalue weighted by atomic mass is 10.2. The molecule has 0 aliphatic rings. The second-order valence-electron chi connectivity index (χ2n) is 6.00. The predicted octanol–water partition coefficient (Wildman–Crippen LogP) is 5.77. The lowest BCUT2D eigenvalue weighted by Gasteiger charge is -2.08. The molecule has 0 bridgehead atoms. The van der Waals surface area contributed by atoms with Crippen molar-refractivity contribution in [2.45, 2.75) is 33.3 Å². The van der Waals surface area contributed by atoms with Crippen LogP contribution in [-0.2, 0) is 6.42 Å². The lowest BCUT2D eigenvalue weighted by molar-refractivity contribution is 0.243. The van der Waals surface area contributed by atoms with Crippen LogP contribution >= 0.6 is 11.3 Å². The lowest BCUT2D eigenvalue weighted by Crippen LogP contribution is -2.04. The van der Waals surface area contributed by atoms with Crippen LogP contribution in [0.3, 0.4) is 0 Å². The maximum atomic E-state index is 5.74. The van der Waals surface area contributed by atoms with Gasteiger partial charge >= 0.3 is 0 Å². The summed E-state index contributed by atoms with van der Waals surface area (Å²) in [6.07, 6.45) is 11.1. The van der Waals surface area contributed by atoms with Crippen molar-refractivity contribution in [3.8, 4) is 5.75 Å². The molecule has 0 saturated heterocycles. The van der Waals surface area contributed by atoms with Gasteiger partial charge in [0.1, 0.15) is 10.8 Å². The fraction of sp³-hybridized carbons (Fsp3) is 0.238. The summed E-state index contributed by atoms with van der Waals surface area (Å²) in [4.78, 5) is 9.02. The van der Waals surface area contributed by atoms with Gasteiger partial charge in [-0.25, -0.2) is 4.98 Å². The Morgan fingerprint density at radius 1 is 1.12 bits per heavy atom. The number of thiazole rings is 1. The Kier molecular flexibility index (Phi) is 5.61. The fourth-order valence-corrected chi connectivity index (χ4v) is 3.30. The molecular formula is C21H22N2OS. The predicted molar refractivity (Wildman–Crippen MR) is 107 cm³/mol. The van der Waals surface area contributed by atoms with Crippen molar-refractivity contribution in [3.05, 3.63) is 64.9 Å². The molecule has 2 aromatic heterocycles. The Labute approximate surface area is 152 Å². The SMILES string of the molecule is CCc1ccc(/C=C/C=C/c2nc3ccc(OC(C)C)cc3s2)cn1. The first-order chi connectivity index (χ1) is 12.1. The molecule has 0 aliphatic heterocycles. The van der Waals surface area contributed by atoms with Crippen LogP contribution in [0.4, 0.5) is 0 Å². The number of rotatable bonds is 6. The molecule has 0 radical (unpaired) electrons. The minimum Gasteiger partial charge on any atom is -0.491 e. The normalized spacial score (nSPS) is 12.0. The quantitative estimate of drug-likeness (QED) is 0.530. The second kappa shape index (κ2) is 8.08. The van der Waals surface area contributed by atoms with E-state index in [0.717, 1.165) is 38.7 Å². The van der Waals surface area contributed by atoms with Crippen LogP contribution in [0.5, 0.6) is 5.75 Å². The van der Waals surface area contributed by atoms with Crippen molar-refractivity contribution in [1.82, 2.24) is 9.97 Å². The first-order valence-electron chi connectivity index (χ1n) is 8.51. The van der Waals surface area contributed by atoms with E-state index < -0.39 is 0 Å². The molecular weight excluding hydrogens is 328 g/mol. The molecule has 3 aromatic rings. The number of hydrogen-bond acceptors (Lipinski definition) is 4. The third-order valence-electron chi connectivity index (χ3n) is 3.60. The average Bonchev–Trinajstić information content (AvgIpc) is 3.01. The number of benzene rings is 1. The van der Waals surface area contributed by atoms with E-state index in [1.807, 2.05) is 56.5 Å². The molecule has 4 heteroatoms. The number of allylic oxidation sites excluding steroid dienone is 2. The summed E-state index contributed by atoms with van der Waals surface area (Å²) in [6, 6.07) is 10.2. The van der Waals surface area contributed by atoms with E-state index in [1.54, 1.807) is 11.3 Å². The second-order valence-corrected chi connectivity index (χ2v) is 7.07. The molecule has 0 spiro atoms. The summed E-state index contributed by atoms with van der Waals surface area (Å²) in [5.74, 6) is 0.893. The minimum atomic E-state index is 0.177. The van der Waals surface area contributed by atoms with E-state index in [2.05, 4.69) is 35.1 Å². The van der Waals surface area contributed by atoms with E-state index in [9.17, 15) is 0 Å². The minimum absolute atomic E-state index is 0.177. The molecule has 3 nitrogen and oxygen atoms in total. The van der Waals surface area contributed by atoms with Gasteiger partial charge in [0.15, 0.2) is 0 Å². The Bertz CT molecular complexity index is 892. The maximum absolute atomic E-state index is 5.74. The first-order valence-corrected chi connectivity index (χ1v) is 9.32. The summed E-state index contributed by atoms with van der Waals surface area (Å²) >= 11 is 1.67. The van der Waals surface area contributed by atoms with Gasteiger partial charge in [-0.15, -0.1) is 11.3 Å². The standard InChI is InChI=1S/C21H22N2OS/c1-4-17-10-9-16(14-22-17)7-5-6-8-21-23-19-12-11-18(24-15(2)3)13-20(19)25-21/h5-15H,4H2,1-3H3/b7-5+,8-6+. The van der Waals surface area contributed by atoms with Crippen molar-refractivity contribution < 1.29 is 4.74 Å². The van der Waals surface area contributed by atoms with Crippen molar-refractivity contribution in [2.24, 2.45) is 0 Å². The van der Waals surface area contributed by atoms with Crippen molar-refractivity contribution in [3.63, 3.8) is 0 Å². The van der Waals surface area contributed by atoms with Crippen LogP contribution in [0.1, 0.15) is 37.0 Å². The van der Waals surface area contributed by atoms with Gasteiger partial charge < -0.3 is 4.74 Å². The highest BCUT2D eigenvalue weighted by Crippen LogP contribution is 2.27. The molecule has 0 N–H and O–H groups in total. The smallest absolute Gasteiger partial charge is 0.121 e. The highest BCUT2D eigenvalue weighted by molar-refractivity contribution is 7.19. The summed E-state index contributed by atoms with van der Waals surface area (Å²) in [5.41, 5.74) is 3.22. The maximum Gasteiger partial charge on any atom is 0.121 e. The van der Waals surface area contributed by atoms with Crippen molar-refractivity contribution in [1.29, 1.82) is 0 Å². The third kappa shape index (κ3) is 4.77. The zero-order valence-electron chi connectivity index (χ0n) is 14.8. The van der Waals surface area contributed by atoms with Gasteiger partial charge in [-0.1, -0.05) is 31.2 Å². The summed E-state index contributed by atoms with van der Waals surface area (Å²) < 4.78 is 6.88. The topological polar surface area (TPSA) is 35.0 Å². The van der Waals surface area contributed by atoms with Crippen molar-refractivity contribution in [2.75, 3.05) is 0 Å². The zero-order valence-corrected chi connectivity index (χ0v) is 15.6. The highest BCUT2D eigenvalue weighted by atomic mass is 32.1. The van der Waals surface area contributed by atoms with E-state index in [0.29, 0.717) is 0 Å². The molecule has 2 heterocycles. The van der Waals surface area contributed by atoms with Crippen LogP contribution in [0.15, 0.2) is 48.7 Å². The molecule has 0 amide bonds. The molecule has 0 saturated carbocycles. The van der Waals surface area contributed by atoms with Crippen LogP contribution < -0.4 is 4.74 Å². The highest BCUT2D eigenvalue weighted by Gasteiger charge is 2.04. The number of pyridine rings is 1. The molecule has 3 rings (SSSR count). The third-order valence-corrected chi connectivity index (χ3v) is 4.58. The van der Waals surface area contributed by atoms with Crippen LogP contribution in [-0.4, -0.2) is 16.1 Å². The Morgan fingerprint density at radius 2 is 1.96 bits per heavy atom.